The summed E-state index contributed by atoms with van der Waals surface area (Å²) >= 11 is 0. The van der Waals surface area contributed by atoms with Crippen LogP contribution in [0.4, 0.5) is 0 Å². The van der Waals surface area contributed by atoms with Crippen LogP contribution >= 0.6 is 0 Å². The highest BCUT2D eigenvalue weighted by molar-refractivity contribution is 5.83. The SMILES string of the molecule is O=C(NCc1ccccn1)C(OCc1ccccc1)C(O)C(O)C(OCc1ccccc1)C(=O)NCc1ccccn1. The molecule has 2 aromatic carbocycles. The van der Waals surface area contributed by atoms with Gasteiger partial charge in [0.2, 0.25) is 0 Å². The summed E-state index contributed by atoms with van der Waals surface area (Å²) < 4.78 is 11.7. The summed E-state index contributed by atoms with van der Waals surface area (Å²) in [4.78, 5) is 34.9. The van der Waals surface area contributed by atoms with E-state index in [0.29, 0.717) is 11.4 Å². The molecule has 0 aliphatic heterocycles. The van der Waals surface area contributed by atoms with Crippen LogP contribution in [0.2, 0.25) is 0 Å². The van der Waals surface area contributed by atoms with E-state index in [9.17, 15) is 19.8 Å². The average molecular weight is 571 g/mol. The standard InChI is InChI=1S/C32H34N4O6/c37-27(29(41-21-23-11-3-1-4-12-23)31(39)35-19-25-15-7-9-17-33-25)28(38)30(42-22-24-13-5-2-6-14-24)32(40)36-20-26-16-8-10-18-34-26/h1-18,27-30,37-38H,19-22H2,(H,35,39)(H,36,40). The number of carbonyl (C=O) groups is 2. The Bertz CT molecular complexity index is 1260. The number of pyridine rings is 2. The molecule has 0 spiro atoms. The van der Waals surface area contributed by atoms with Crippen LogP contribution in [0.15, 0.2) is 109 Å². The molecule has 0 saturated carbocycles. The van der Waals surface area contributed by atoms with Crippen LogP contribution in [0.5, 0.6) is 0 Å². The molecule has 0 radical (unpaired) electrons. The van der Waals surface area contributed by atoms with Gasteiger partial charge in [0.05, 0.1) is 37.7 Å². The van der Waals surface area contributed by atoms with E-state index < -0.39 is 36.2 Å². The third kappa shape index (κ3) is 9.28. The monoisotopic (exact) mass is 570 g/mol. The zero-order valence-electron chi connectivity index (χ0n) is 23.0. The van der Waals surface area contributed by atoms with Crippen LogP contribution in [0.1, 0.15) is 22.5 Å². The minimum Gasteiger partial charge on any atom is -0.387 e. The van der Waals surface area contributed by atoms with Gasteiger partial charge < -0.3 is 30.3 Å². The largest absolute Gasteiger partial charge is 0.387 e. The van der Waals surface area contributed by atoms with Gasteiger partial charge in [-0.1, -0.05) is 72.8 Å². The fourth-order valence-corrected chi connectivity index (χ4v) is 4.10. The fraction of sp³-hybridized carbons (Fsp3) is 0.250. The molecule has 2 aromatic heterocycles. The van der Waals surface area contributed by atoms with Gasteiger partial charge in [-0.2, -0.15) is 0 Å². The lowest BCUT2D eigenvalue weighted by atomic mass is 10.0. The van der Waals surface area contributed by atoms with E-state index in [2.05, 4.69) is 20.6 Å². The maximum atomic E-state index is 13.3. The number of aliphatic hydroxyl groups is 2. The summed E-state index contributed by atoms with van der Waals surface area (Å²) in [6, 6.07) is 28.8. The highest BCUT2D eigenvalue weighted by atomic mass is 16.5. The van der Waals surface area contributed by atoms with Crippen LogP contribution in [0.25, 0.3) is 0 Å². The Morgan fingerprint density at radius 3 is 1.33 bits per heavy atom. The number of rotatable bonds is 15. The van der Waals surface area contributed by atoms with Gasteiger partial charge >= 0.3 is 0 Å². The highest BCUT2D eigenvalue weighted by Gasteiger charge is 2.40. The summed E-state index contributed by atoms with van der Waals surface area (Å²) in [6.07, 6.45) is -3.51. The zero-order chi connectivity index (χ0) is 29.6. The molecular formula is C32H34N4O6. The molecule has 10 heteroatoms. The second kappa shape index (κ2) is 16.1. The number of nitrogens with zero attached hydrogens (tertiary/aromatic N) is 2. The van der Waals surface area contributed by atoms with Crippen LogP contribution in [-0.2, 0) is 45.4 Å². The first kappa shape index (κ1) is 30.5. The molecule has 10 nitrogen and oxygen atoms in total. The molecule has 4 rings (SSSR count). The van der Waals surface area contributed by atoms with Crippen molar-refractivity contribution in [2.75, 3.05) is 0 Å². The Kier molecular flexibility index (Phi) is 11.7. The van der Waals surface area contributed by atoms with Gasteiger partial charge in [-0.15, -0.1) is 0 Å². The summed E-state index contributed by atoms with van der Waals surface area (Å²) in [5, 5.41) is 28.0. The molecule has 2 amide bonds. The Labute approximate surface area is 244 Å². The van der Waals surface area contributed by atoms with Crippen molar-refractivity contribution in [3.63, 3.8) is 0 Å². The smallest absolute Gasteiger partial charge is 0.252 e. The van der Waals surface area contributed by atoms with Crippen molar-refractivity contribution in [1.82, 2.24) is 20.6 Å². The van der Waals surface area contributed by atoms with Crippen LogP contribution in [-0.4, -0.2) is 56.4 Å². The fourth-order valence-electron chi connectivity index (χ4n) is 4.10. The summed E-state index contributed by atoms with van der Waals surface area (Å²) in [5.41, 5.74) is 2.71. The summed E-state index contributed by atoms with van der Waals surface area (Å²) in [5.74, 6) is -1.36. The van der Waals surface area contributed by atoms with Crippen molar-refractivity contribution in [1.29, 1.82) is 0 Å². The molecule has 0 aliphatic carbocycles. The molecule has 4 atom stereocenters. The van der Waals surface area contributed by atoms with Crippen molar-refractivity contribution in [2.24, 2.45) is 0 Å². The lowest BCUT2D eigenvalue weighted by Gasteiger charge is -2.30. The minimum absolute atomic E-state index is 0.0201. The van der Waals surface area contributed by atoms with Crippen molar-refractivity contribution in [2.45, 2.75) is 50.7 Å². The number of ether oxygens (including phenoxy) is 2. The first-order valence-electron chi connectivity index (χ1n) is 13.5. The Morgan fingerprint density at radius 1 is 0.595 bits per heavy atom. The topological polar surface area (TPSA) is 143 Å². The van der Waals surface area contributed by atoms with Gasteiger partial charge in [-0.3, -0.25) is 19.6 Å². The molecule has 0 fully saturated rings. The van der Waals surface area contributed by atoms with E-state index in [0.717, 1.165) is 11.1 Å². The lowest BCUT2D eigenvalue weighted by molar-refractivity contribution is -0.170. The third-order valence-corrected chi connectivity index (χ3v) is 6.37. The number of aromatic nitrogens is 2. The van der Waals surface area contributed by atoms with Gasteiger partial charge in [-0.05, 0) is 35.4 Å². The molecule has 0 saturated heterocycles. The van der Waals surface area contributed by atoms with Gasteiger partial charge in [-0.25, -0.2) is 0 Å². The average Bonchev–Trinajstić information content (AvgIpc) is 3.04. The number of amides is 2. The van der Waals surface area contributed by atoms with Gasteiger partial charge in [0.15, 0.2) is 12.2 Å². The number of aliphatic hydroxyl groups excluding tert-OH is 2. The first-order chi connectivity index (χ1) is 20.5. The Morgan fingerprint density at radius 2 is 0.976 bits per heavy atom. The molecule has 4 aromatic rings. The number of benzene rings is 2. The van der Waals surface area contributed by atoms with E-state index in [-0.39, 0.29) is 26.3 Å². The highest BCUT2D eigenvalue weighted by Crippen LogP contribution is 2.16. The molecule has 4 unspecified atom stereocenters. The number of nitrogens with one attached hydrogen (secondary N) is 2. The van der Waals surface area contributed by atoms with Crippen LogP contribution < -0.4 is 10.6 Å². The molecule has 4 N–H and O–H groups in total. The number of hydrogen-bond donors (Lipinski definition) is 4. The maximum Gasteiger partial charge on any atom is 0.252 e. The quantitative estimate of drug-likeness (QED) is 0.171. The molecule has 42 heavy (non-hydrogen) atoms. The predicted octanol–water partition coefficient (Wildman–Crippen LogP) is 2.30. The molecule has 218 valence electrons. The van der Waals surface area contributed by atoms with Gasteiger partial charge in [0.1, 0.15) is 12.2 Å². The van der Waals surface area contributed by atoms with Crippen LogP contribution in [0, 0.1) is 0 Å². The second-order valence-electron chi connectivity index (χ2n) is 9.49. The summed E-state index contributed by atoms with van der Waals surface area (Å²) in [6.45, 7) is 0.111. The normalized spacial score (nSPS) is 13.9. The van der Waals surface area contributed by atoms with Crippen molar-refractivity contribution >= 4 is 11.8 Å². The first-order valence-corrected chi connectivity index (χ1v) is 13.5. The van der Waals surface area contributed by atoms with Crippen molar-refractivity contribution < 1.29 is 29.3 Å². The van der Waals surface area contributed by atoms with E-state index >= 15 is 0 Å². The van der Waals surface area contributed by atoms with Gasteiger partial charge in [0.25, 0.3) is 11.8 Å². The van der Waals surface area contributed by atoms with Crippen LogP contribution in [0.3, 0.4) is 0 Å². The lowest BCUT2D eigenvalue weighted by Crippen LogP contribution is -2.55. The molecule has 2 heterocycles. The van der Waals surface area contributed by atoms with E-state index in [1.54, 1.807) is 48.8 Å². The van der Waals surface area contributed by atoms with E-state index in [4.69, 9.17) is 9.47 Å². The number of hydrogen-bond acceptors (Lipinski definition) is 8. The Hall–Kier alpha value is -4.48. The van der Waals surface area contributed by atoms with Crippen molar-refractivity contribution in [3.8, 4) is 0 Å². The maximum absolute atomic E-state index is 13.3. The molecule has 0 bridgehead atoms. The summed E-state index contributed by atoms with van der Waals surface area (Å²) in [7, 11) is 0. The molecular weight excluding hydrogens is 536 g/mol. The van der Waals surface area contributed by atoms with E-state index in [1.807, 2.05) is 60.7 Å². The minimum atomic E-state index is -1.82. The predicted molar refractivity (Wildman–Crippen MR) is 154 cm³/mol. The second-order valence-corrected chi connectivity index (χ2v) is 9.49. The van der Waals surface area contributed by atoms with Crippen molar-refractivity contribution in [3.05, 3.63) is 132 Å². The van der Waals surface area contributed by atoms with E-state index in [1.165, 1.54) is 0 Å². The zero-order valence-corrected chi connectivity index (χ0v) is 23.0. The molecule has 0 aliphatic rings. The Balaban J connectivity index is 1.51. The number of carbonyl (C=O) groups excluding carboxylic acids is 2. The van der Waals surface area contributed by atoms with Gasteiger partial charge in [0, 0.05) is 12.4 Å². The third-order valence-electron chi connectivity index (χ3n) is 6.37.